The van der Waals surface area contributed by atoms with Crippen molar-refractivity contribution in [1.82, 2.24) is 55.6 Å². The van der Waals surface area contributed by atoms with Gasteiger partial charge in [0.1, 0.15) is 66.5 Å². The molecule has 1 aliphatic rings. The first-order chi connectivity index (χ1) is 41.9. The highest BCUT2D eigenvalue weighted by Crippen LogP contribution is 2.26. The summed E-state index contributed by atoms with van der Waals surface area (Å²) in [6.45, 7) is 30.9. The predicted octanol–water partition coefficient (Wildman–Crippen LogP) is 3.90. The van der Waals surface area contributed by atoms with E-state index in [4.69, 9.17) is 0 Å². The van der Waals surface area contributed by atoms with Gasteiger partial charge >= 0.3 is 0 Å². The van der Waals surface area contributed by atoms with Crippen LogP contribution < -0.4 is 21.3 Å². The average Bonchev–Trinajstić information content (AvgIpc) is 0.999. The quantitative estimate of drug-likeness (QED) is 0.100. The summed E-state index contributed by atoms with van der Waals surface area (Å²) in [6, 6.07) is -13.7. The number of carbonyl (C=O) groups excluding carboxylic acids is 11. The number of likely N-dealkylation sites (N-methyl/N-ethyl adjacent to an activating group) is 7. The number of aliphatic hydroxyl groups excluding tert-OH is 1. The molecule has 91 heavy (non-hydrogen) atoms. The molecule has 1 unspecified atom stereocenters. The van der Waals surface area contributed by atoms with Crippen LogP contribution in [0.25, 0.3) is 0 Å². The van der Waals surface area contributed by atoms with Gasteiger partial charge in [0, 0.05) is 67.3 Å². The van der Waals surface area contributed by atoms with Crippen molar-refractivity contribution in [1.29, 1.82) is 0 Å². The van der Waals surface area contributed by atoms with Gasteiger partial charge in [-0.25, -0.2) is 0 Å². The third kappa shape index (κ3) is 24.9. The first kappa shape index (κ1) is 83.2. The fourth-order valence-electron chi connectivity index (χ4n) is 11.3. The topological polar surface area (TPSA) is 299 Å². The molecule has 0 aromatic heterocycles. The summed E-state index contributed by atoms with van der Waals surface area (Å²) < 4.78 is 0. The lowest BCUT2D eigenvalue weighted by molar-refractivity contribution is -0.156. The molecule has 1 heterocycles. The standard InChI is InChI=1S/C66H119N11O13S/c1-26-28-29-42(13)33-48-57(81)69-46(27-2)60(84)76(24)52(36-91-35-43(14)78)63(87)75(23)51(34-66(17,18)90)58(82)70-53(40(9)10)64(88)71(19)47(30-37(3)4)56(80)67-44(15)55(79)68-45(16)59(83)73(21)49(31-38(5)6)61(85)74(22)50(32-39(7)8)62(86)77(25)54(41(11)12)65(89)72(48)20/h26,28,37-54,78,90H,27,29-36H2,1-25H3,(H,67,80)(H,68,79)(H,69,81)(H,70,82)/b28-26+/t42-,43?,44-,45+,46+,47-,48+,49+,50+,51+,52+,53-,54+/m1/s1. The SMILES string of the molecule is C/C=C/C[C@@H](C)C[C@H]1C(=O)N[C@@H](CC)C(=O)N(C)[C@@H](CSCC(C)O)C(=O)N(C)[C@@H](CC(C)(C)O)C(=O)N[C@H](C(C)C)C(=O)N(C)[C@H](CC(C)C)C(=O)N[C@H](C)C(=O)N[C@@H](C)C(=O)N(C)[C@@H](CC(C)C)C(=O)N(C)[C@@H](CC(C)C)C(=O)N(C)[C@@H](C(C)C)C(=O)N1C. The van der Waals surface area contributed by atoms with Gasteiger partial charge in [-0.05, 0) is 116 Å². The lowest BCUT2D eigenvalue weighted by Crippen LogP contribution is -2.62. The Morgan fingerprint density at radius 3 is 1.35 bits per heavy atom. The molecular weight excluding hydrogens is 1190 g/mol. The fraction of sp³-hybridized carbons (Fsp3) is 0.803. The molecule has 1 fully saturated rings. The van der Waals surface area contributed by atoms with Crippen molar-refractivity contribution in [3.8, 4) is 0 Å². The van der Waals surface area contributed by atoms with E-state index in [0.29, 0.717) is 6.42 Å². The number of hydrogen-bond acceptors (Lipinski definition) is 14. The lowest BCUT2D eigenvalue weighted by Gasteiger charge is -2.41. The Kier molecular flexibility index (Phi) is 34.5. The highest BCUT2D eigenvalue weighted by molar-refractivity contribution is 7.99. The van der Waals surface area contributed by atoms with Gasteiger partial charge in [0.05, 0.1) is 11.7 Å². The Morgan fingerprint density at radius 1 is 0.484 bits per heavy atom. The molecule has 13 atom stereocenters. The summed E-state index contributed by atoms with van der Waals surface area (Å²) in [5.74, 6) is -9.20. The van der Waals surface area contributed by atoms with E-state index in [1.165, 1.54) is 118 Å². The minimum absolute atomic E-state index is 0.0256. The molecule has 0 spiro atoms. The molecule has 0 aromatic rings. The summed E-state index contributed by atoms with van der Waals surface area (Å²) in [7, 11) is 10.0. The van der Waals surface area contributed by atoms with Crippen LogP contribution in [0.3, 0.4) is 0 Å². The number of hydrogen-bond donors (Lipinski definition) is 6. The fourth-order valence-corrected chi connectivity index (χ4v) is 12.3. The normalized spacial score (nSPS) is 26.9. The van der Waals surface area contributed by atoms with E-state index in [2.05, 4.69) is 21.3 Å². The van der Waals surface area contributed by atoms with Gasteiger partial charge in [-0.2, -0.15) is 11.8 Å². The zero-order valence-electron chi connectivity index (χ0n) is 59.8. The van der Waals surface area contributed by atoms with E-state index in [1.54, 1.807) is 41.5 Å². The van der Waals surface area contributed by atoms with E-state index < -0.39 is 155 Å². The maximum atomic E-state index is 15.3. The molecule has 0 radical (unpaired) electrons. The highest BCUT2D eigenvalue weighted by atomic mass is 32.2. The number of amides is 11. The molecule has 6 N–H and O–H groups in total. The smallest absolute Gasteiger partial charge is 0.246 e. The second-order valence-electron chi connectivity index (χ2n) is 28.0. The van der Waals surface area contributed by atoms with Gasteiger partial charge in [-0.15, -0.1) is 0 Å². The first-order valence-corrected chi connectivity index (χ1v) is 33.7. The highest BCUT2D eigenvalue weighted by Gasteiger charge is 2.45. The van der Waals surface area contributed by atoms with Crippen molar-refractivity contribution in [2.75, 3.05) is 60.8 Å². The zero-order valence-corrected chi connectivity index (χ0v) is 60.7. The van der Waals surface area contributed by atoms with Crippen molar-refractivity contribution in [3.63, 3.8) is 0 Å². The Balaban J connectivity index is 4.50. The van der Waals surface area contributed by atoms with Gasteiger partial charge in [0.15, 0.2) is 0 Å². The Bertz CT molecular complexity index is 2490. The van der Waals surface area contributed by atoms with Crippen LogP contribution >= 0.6 is 11.8 Å². The van der Waals surface area contributed by atoms with Gasteiger partial charge in [-0.1, -0.05) is 95.2 Å². The number of rotatable bonds is 19. The van der Waals surface area contributed by atoms with Crippen molar-refractivity contribution >= 4 is 76.7 Å². The number of carbonyl (C=O) groups is 11. The summed E-state index contributed by atoms with van der Waals surface area (Å²) in [6.07, 6.45) is 3.78. The number of nitrogens with zero attached hydrogens (tertiary/aromatic N) is 7. The number of aliphatic hydroxyl groups is 2. The van der Waals surface area contributed by atoms with Gasteiger partial charge in [0.2, 0.25) is 65.0 Å². The minimum Gasteiger partial charge on any atom is -0.393 e. The minimum atomic E-state index is -1.59. The van der Waals surface area contributed by atoms with Crippen LogP contribution in [0.15, 0.2) is 12.2 Å². The van der Waals surface area contributed by atoms with Crippen LogP contribution in [0.2, 0.25) is 0 Å². The predicted molar refractivity (Wildman–Crippen MR) is 356 cm³/mol. The summed E-state index contributed by atoms with van der Waals surface area (Å²) in [5, 5.41) is 32.7. The number of allylic oxidation sites excluding steroid dienone is 2. The van der Waals surface area contributed by atoms with Crippen LogP contribution in [0.4, 0.5) is 0 Å². The number of thioether (sulfide) groups is 1. The Hall–Kier alpha value is -5.82. The average molecular weight is 1310 g/mol. The van der Waals surface area contributed by atoms with Crippen LogP contribution in [0, 0.1) is 35.5 Å². The third-order valence-corrected chi connectivity index (χ3v) is 18.1. The molecule has 0 bridgehead atoms. The molecule has 1 aliphatic heterocycles. The monoisotopic (exact) mass is 1310 g/mol. The van der Waals surface area contributed by atoms with Crippen molar-refractivity contribution in [2.24, 2.45) is 35.5 Å². The van der Waals surface area contributed by atoms with Crippen LogP contribution in [0.5, 0.6) is 0 Å². The zero-order chi connectivity index (χ0) is 70.6. The molecule has 24 nitrogen and oxygen atoms in total. The molecule has 1 saturated heterocycles. The lowest BCUT2D eigenvalue weighted by atomic mass is 9.93. The molecular formula is C66H119N11O13S. The van der Waals surface area contributed by atoms with E-state index in [9.17, 15) is 39.0 Å². The summed E-state index contributed by atoms with van der Waals surface area (Å²) >= 11 is 1.17. The largest absolute Gasteiger partial charge is 0.393 e. The first-order valence-electron chi connectivity index (χ1n) is 32.6. The maximum Gasteiger partial charge on any atom is 0.246 e. The third-order valence-electron chi connectivity index (χ3n) is 16.8. The van der Waals surface area contributed by atoms with Crippen LogP contribution in [-0.2, 0) is 52.7 Å². The van der Waals surface area contributed by atoms with Crippen molar-refractivity contribution in [2.45, 2.75) is 248 Å². The maximum absolute atomic E-state index is 15.3. The van der Waals surface area contributed by atoms with E-state index in [-0.39, 0.29) is 73.7 Å². The molecule has 0 aromatic carbocycles. The molecule has 522 valence electrons. The molecule has 25 heteroatoms. The molecule has 0 aliphatic carbocycles. The van der Waals surface area contributed by atoms with Crippen molar-refractivity contribution < 1.29 is 63.0 Å². The van der Waals surface area contributed by atoms with E-state index in [0.717, 1.165) is 4.90 Å². The Labute approximate surface area is 549 Å². The molecule has 0 saturated carbocycles. The summed E-state index contributed by atoms with van der Waals surface area (Å²) in [5.41, 5.74) is -1.59. The molecule has 1 rings (SSSR count). The van der Waals surface area contributed by atoms with E-state index in [1.807, 2.05) is 67.5 Å². The van der Waals surface area contributed by atoms with Crippen LogP contribution in [0.1, 0.15) is 170 Å². The van der Waals surface area contributed by atoms with Crippen LogP contribution in [-0.4, -0.2) is 248 Å². The van der Waals surface area contributed by atoms with E-state index >= 15 is 24.0 Å². The van der Waals surface area contributed by atoms with Gasteiger partial charge in [0.25, 0.3) is 0 Å². The molecule has 11 amide bonds. The second-order valence-corrected chi connectivity index (χ2v) is 29.1. The van der Waals surface area contributed by atoms with Gasteiger partial charge < -0.3 is 65.8 Å². The number of nitrogens with one attached hydrogen (secondary N) is 4. The second kappa shape index (κ2) is 37.8. The Morgan fingerprint density at radius 2 is 0.890 bits per heavy atom. The van der Waals surface area contributed by atoms with Gasteiger partial charge in [-0.3, -0.25) is 52.7 Å². The van der Waals surface area contributed by atoms with Crippen molar-refractivity contribution in [3.05, 3.63) is 12.2 Å². The summed E-state index contributed by atoms with van der Waals surface area (Å²) in [4.78, 5) is 172.